The molecule has 0 heterocycles. The Balaban J connectivity index is 2.54. The van der Waals surface area contributed by atoms with Crippen LogP contribution in [-0.4, -0.2) is 24.8 Å². The number of benzene rings is 1. The van der Waals surface area contributed by atoms with Crippen LogP contribution in [0.1, 0.15) is 43.1 Å². The first-order chi connectivity index (χ1) is 9.40. The Bertz CT molecular complexity index is 481. The van der Waals surface area contributed by atoms with Gasteiger partial charge in [-0.15, -0.1) is 0 Å². The van der Waals surface area contributed by atoms with Gasteiger partial charge in [0.2, 0.25) is 0 Å². The van der Waals surface area contributed by atoms with Crippen LogP contribution in [0.2, 0.25) is 0 Å². The summed E-state index contributed by atoms with van der Waals surface area (Å²) in [6.45, 7) is 8.19. The van der Waals surface area contributed by atoms with Crippen LogP contribution in [0.25, 0.3) is 0 Å². The van der Waals surface area contributed by atoms with E-state index in [1.165, 1.54) is 6.92 Å². The summed E-state index contributed by atoms with van der Waals surface area (Å²) in [5.41, 5.74) is 1.50. The highest BCUT2D eigenvalue weighted by Crippen LogP contribution is 2.20. The molecular formula is C16H23NO3. The van der Waals surface area contributed by atoms with E-state index in [9.17, 15) is 9.59 Å². The minimum atomic E-state index is -0.165. The Morgan fingerprint density at radius 1 is 1.30 bits per heavy atom. The van der Waals surface area contributed by atoms with Gasteiger partial charge in [0.25, 0.3) is 5.91 Å². The predicted molar refractivity (Wildman–Crippen MR) is 79.1 cm³/mol. The van der Waals surface area contributed by atoms with Gasteiger partial charge in [0.15, 0.2) is 12.4 Å². The molecule has 0 saturated heterocycles. The van der Waals surface area contributed by atoms with Gasteiger partial charge in [-0.05, 0) is 43.9 Å². The molecule has 4 heteroatoms. The van der Waals surface area contributed by atoms with Crippen LogP contribution in [0.15, 0.2) is 18.2 Å². The standard InChI is InChI=1S/C16H23NO3/c1-11(2)7-8-17-16(19)10-20-15-9-12(3)5-6-14(15)13(4)18/h5-6,9,11H,7-8,10H2,1-4H3,(H,17,19). The van der Waals surface area contributed by atoms with Crippen molar-refractivity contribution in [2.45, 2.75) is 34.1 Å². The molecule has 1 rings (SSSR count). The molecule has 0 spiro atoms. The van der Waals surface area contributed by atoms with Crippen molar-refractivity contribution < 1.29 is 14.3 Å². The minimum absolute atomic E-state index is 0.0676. The van der Waals surface area contributed by atoms with Crippen molar-refractivity contribution >= 4 is 11.7 Å². The number of Topliss-reactive ketones (excluding diaryl/α,β-unsaturated/α-hetero) is 1. The second-order valence-corrected chi connectivity index (χ2v) is 5.38. The molecule has 1 aromatic carbocycles. The monoisotopic (exact) mass is 277 g/mol. The molecule has 0 aliphatic heterocycles. The smallest absolute Gasteiger partial charge is 0.257 e. The van der Waals surface area contributed by atoms with Gasteiger partial charge in [-0.25, -0.2) is 0 Å². The molecule has 0 saturated carbocycles. The number of ketones is 1. The molecule has 1 amide bonds. The van der Waals surface area contributed by atoms with E-state index in [1.54, 1.807) is 12.1 Å². The van der Waals surface area contributed by atoms with Gasteiger partial charge in [0.05, 0.1) is 5.56 Å². The molecule has 0 aromatic heterocycles. The lowest BCUT2D eigenvalue weighted by Gasteiger charge is -2.11. The third-order valence-corrected chi connectivity index (χ3v) is 2.92. The first kappa shape index (κ1) is 16.2. The molecule has 0 radical (unpaired) electrons. The first-order valence-electron chi connectivity index (χ1n) is 6.91. The summed E-state index contributed by atoms with van der Waals surface area (Å²) in [6, 6.07) is 5.36. The van der Waals surface area contributed by atoms with Gasteiger partial charge in [-0.1, -0.05) is 19.9 Å². The summed E-state index contributed by atoms with van der Waals surface area (Å²) >= 11 is 0. The van der Waals surface area contributed by atoms with E-state index in [4.69, 9.17) is 4.74 Å². The molecule has 0 aliphatic carbocycles. The highest BCUT2D eigenvalue weighted by Gasteiger charge is 2.10. The molecule has 0 aliphatic rings. The maximum Gasteiger partial charge on any atom is 0.257 e. The normalized spacial score (nSPS) is 10.4. The van der Waals surface area contributed by atoms with E-state index < -0.39 is 0 Å². The molecule has 4 nitrogen and oxygen atoms in total. The van der Waals surface area contributed by atoms with Gasteiger partial charge in [-0.2, -0.15) is 0 Å². The number of ether oxygens (including phenoxy) is 1. The lowest BCUT2D eigenvalue weighted by molar-refractivity contribution is -0.123. The van der Waals surface area contributed by atoms with Gasteiger partial charge in [-0.3, -0.25) is 9.59 Å². The first-order valence-corrected chi connectivity index (χ1v) is 6.91. The van der Waals surface area contributed by atoms with Crippen LogP contribution < -0.4 is 10.1 Å². The molecule has 0 unspecified atom stereocenters. The van der Waals surface area contributed by atoms with Crippen molar-refractivity contribution in [2.24, 2.45) is 5.92 Å². The maximum absolute atomic E-state index is 11.6. The van der Waals surface area contributed by atoms with Crippen LogP contribution >= 0.6 is 0 Å². The number of hydrogen-bond donors (Lipinski definition) is 1. The lowest BCUT2D eigenvalue weighted by atomic mass is 10.1. The molecule has 0 atom stereocenters. The number of rotatable bonds is 7. The molecule has 0 fully saturated rings. The topological polar surface area (TPSA) is 55.4 Å². The largest absolute Gasteiger partial charge is 0.483 e. The molecular weight excluding hydrogens is 254 g/mol. The molecule has 1 aromatic rings. The van der Waals surface area contributed by atoms with Crippen molar-refractivity contribution in [3.63, 3.8) is 0 Å². The van der Waals surface area contributed by atoms with Gasteiger partial charge in [0, 0.05) is 6.54 Å². The highest BCUT2D eigenvalue weighted by atomic mass is 16.5. The van der Waals surface area contributed by atoms with Gasteiger partial charge < -0.3 is 10.1 Å². The average molecular weight is 277 g/mol. The number of hydrogen-bond acceptors (Lipinski definition) is 3. The van der Waals surface area contributed by atoms with Gasteiger partial charge >= 0.3 is 0 Å². The quantitative estimate of drug-likeness (QED) is 0.780. The van der Waals surface area contributed by atoms with E-state index >= 15 is 0 Å². The fourth-order valence-electron chi connectivity index (χ4n) is 1.73. The van der Waals surface area contributed by atoms with E-state index in [1.807, 2.05) is 13.0 Å². The minimum Gasteiger partial charge on any atom is -0.483 e. The van der Waals surface area contributed by atoms with Crippen molar-refractivity contribution in [2.75, 3.05) is 13.2 Å². The van der Waals surface area contributed by atoms with E-state index in [2.05, 4.69) is 19.2 Å². The Morgan fingerprint density at radius 2 is 2.00 bits per heavy atom. The summed E-state index contributed by atoms with van der Waals surface area (Å²) in [5, 5.41) is 2.80. The van der Waals surface area contributed by atoms with Gasteiger partial charge in [0.1, 0.15) is 5.75 Å². The van der Waals surface area contributed by atoms with Crippen LogP contribution in [0.4, 0.5) is 0 Å². The fourth-order valence-corrected chi connectivity index (χ4v) is 1.73. The molecule has 0 bridgehead atoms. The van der Waals surface area contributed by atoms with Crippen molar-refractivity contribution in [3.8, 4) is 5.75 Å². The summed E-state index contributed by atoms with van der Waals surface area (Å²) in [5.74, 6) is 0.788. The number of aryl methyl sites for hydroxylation is 1. The molecule has 110 valence electrons. The number of amides is 1. The van der Waals surface area contributed by atoms with Crippen LogP contribution in [0.3, 0.4) is 0 Å². The van der Waals surface area contributed by atoms with E-state index in [0.29, 0.717) is 23.8 Å². The second kappa shape index (κ2) is 7.68. The van der Waals surface area contributed by atoms with Crippen LogP contribution in [-0.2, 0) is 4.79 Å². The van der Waals surface area contributed by atoms with Crippen molar-refractivity contribution in [1.29, 1.82) is 0 Å². The second-order valence-electron chi connectivity index (χ2n) is 5.38. The zero-order chi connectivity index (χ0) is 15.1. The summed E-state index contributed by atoms with van der Waals surface area (Å²) in [4.78, 5) is 23.1. The summed E-state index contributed by atoms with van der Waals surface area (Å²) < 4.78 is 5.47. The Kier molecular flexibility index (Phi) is 6.22. The fraction of sp³-hybridized carbons (Fsp3) is 0.500. The summed E-state index contributed by atoms with van der Waals surface area (Å²) in [7, 11) is 0. The van der Waals surface area contributed by atoms with E-state index in [-0.39, 0.29) is 18.3 Å². The zero-order valence-corrected chi connectivity index (χ0v) is 12.7. The van der Waals surface area contributed by atoms with Crippen molar-refractivity contribution in [1.82, 2.24) is 5.32 Å². The average Bonchev–Trinajstić information content (AvgIpc) is 2.35. The summed E-state index contributed by atoms with van der Waals surface area (Å²) in [6.07, 6.45) is 0.939. The lowest BCUT2D eigenvalue weighted by Crippen LogP contribution is -2.30. The zero-order valence-electron chi connectivity index (χ0n) is 12.7. The van der Waals surface area contributed by atoms with Crippen LogP contribution in [0, 0.1) is 12.8 Å². The number of carbonyl (C=O) groups is 2. The molecule has 1 N–H and O–H groups in total. The Morgan fingerprint density at radius 3 is 2.60 bits per heavy atom. The number of nitrogens with one attached hydrogen (secondary N) is 1. The predicted octanol–water partition coefficient (Wildman–Crippen LogP) is 2.74. The van der Waals surface area contributed by atoms with Crippen LogP contribution in [0.5, 0.6) is 5.75 Å². The third kappa shape index (κ3) is 5.43. The number of carbonyl (C=O) groups excluding carboxylic acids is 2. The van der Waals surface area contributed by atoms with E-state index in [0.717, 1.165) is 12.0 Å². The maximum atomic E-state index is 11.6. The SMILES string of the molecule is CC(=O)c1ccc(C)cc1OCC(=O)NCCC(C)C. The molecule has 20 heavy (non-hydrogen) atoms. The Hall–Kier alpha value is -1.84. The third-order valence-electron chi connectivity index (χ3n) is 2.92. The highest BCUT2D eigenvalue weighted by molar-refractivity contribution is 5.97. The Labute approximate surface area is 120 Å². The van der Waals surface area contributed by atoms with Crippen molar-refractivity contribution in [3.05, 3.63) is 29.3 Å².